The van der Waals surface area contributed by atoms with E-state index in [9.17, 15) is 14.4 Å². The minimum atomic E-state index is -0.818. The molecule has 142 valence electrons. The first kappa shape index (κ1) is 20.8. The van der Waals surface area contributed by atoms with Gasteiger partial charge in [0.15, 0.2) is 13.2 Å². The van der Waals surface area contributed by atoms with Crippen molar-refractivity contribution in [3.8, 4) is 5.75 Å². The van der Waals surface area contributed by atoms with Gasteiger partial charge < -0.3 is 9.47 Å². The second-order valence-electron chi connectivity index (χ2n) is 5.01. The molecule has 0 saturated carbocycles. The number of benzene rings is 2. The normalized spacial score (nSPS) is 10.0. The molecule has 2 rings (SSSR count). The molecule has 0 radical (unpaired) electrons. The van der Waals surface area contributed by atoms with Gasteiger partial charge in [0.1, 0.15) is 5.75 Å². The van der Waals surface area contributed by atoms with E-state index in [-0.39, 0.29) is 20.8 Å². The molecule has 0 heterocycles. The predicted molar refractivity (Wildman–Crippen MR) is 100.0 cm³/mol. The standard InChI is InChI=1S/C17H13Cl3N2O5/c18-11-6-13(20)14(7-12(11)19)26-9-16(24)27-8-15(23)21-22-17(25)10-4-2-1-3-5-10/h1-7H,8-9H2,(H,21,23)(H,22,25). The van der Waals surface area contributed by atoms with Gasteiger partial charge in [-0.15, -0.1) is 0 Å². The van der Waals surface area contributed by atoms with Gasteiger partial charge >= 0.3 is 5.97 Å². The molecule has 0 aliphatic carbocycles. The third-order valence-electron chi connectivity index (χ3n) is 3.04. The van der Waals surface area contributed by atoms with Crippen molar-refractivity contribution in [2.75, 3.05) is 13.2 Å². The fourth-order valence-electron chi connectivity index (χ4n) is 1.76. The Kier molecular flexibility index (Phi) is 7.72. The lowest BCUT2D eigenvalue weighted by molar-refractivity contribution is -0.150. The van der Waals surface area contributed by atoms with E-state index in [1.54, 1.807) is 30.3 Å². The van der Waals surface area contributed by atoms with E-state index in [1.807, 2.05) is 0 Å². The Morgan fingerprint density at radius 3 is 2.22 bits per heavy atom. The van der Waals surface area contributed by atoms with Crippen molar-refractivity contribution in [1.82, 2.24) is 10.9 Å². The number of ether oxygens (including phenoxy) is 2. The van der Waals surface area contributed by atoms with Crippen molar-refractivity contribution in [2.45, 2.75) is 0 Å². The lowest BCUT2D eigenvalue weighted by Gasteiger charge is -2.10. The number of hydrogen-bond acceptors (Lipinski definition) is 5. The summed E-state index contributed by atoms with van der Waals surface area (Å²) in [4.78, 5) is 35.0. The van der Waals surface area contributed by atoms with E-state index < -0.39 is 31.0 Å². The number of rotatable bonds is 6. The highest BCUT2D eigenvalue weighted by molar-refractivity contribution is 6.43. The fraction of sp³-hybridized carbons (Fsp3) is 0.118. The van der Waals surface area contributed by atoms with Crippen LogP contribution in [0.4, 0.5) is 0 Å². The maximum atomic E-state index is 11.7. The zero-order chi connectivity index (χ0) is 19.8. The summed E-state index contributed by atoms with van der Waals surface area (Å²) in [5.74, 6) is -1.91. The number of hydrogen-bond donors (Lipinski definition) is 2. The number of hydrazine groups is 1. The van der Waals surface area contributed by atoms with Crippen LogP contribution < -0.4 is 15.6 Å². The minimum absolute atomic E-state index is 0.141. The summed E-state index contributed by atoms with van der Waals surface area (Å²) in [5.41, 5.74) is 4.68. The van der Waals surface area contributed by atoms with Gasteiger partial charge in [-0.2, -0.15) is 0 Å². The van der Waals surface area contributed by atoms with Gasteiger partial charge in [0.2, 0.25) is 0 Å². The Morgan fingerprint density at radius 2 is 1.52 bits per heavy atom. The molecule has 0 aliphatic heterocycles. The van der Waals surface area contributed by atoms with E-state index in [1.165, 1.54) is 12.1 Å². The average molecular weight is 432 g/mol. The van der Waals surface area contributed by atoms with E-state index in [0.29, 0.717) is 5.56 Å². The number of halogens is 3. The molecule has 0 unspecified atom stereocenters. The maximum absolute atomic E-state index is 11.7. The third-order valence-corrected chi connectivity index (χ3v) is 4.05. The molecule has 2 N–H and O–H groups in total. The van der Waals surface area contributed by atoms with Gasteiger partial charge in [0.05, 0.1) is 15.1 Å². The summed E-state index contributed by atoms with van der Waals surface area (Å²) in [6.07, 6.45) is 0. The van der Waals surface area contributed by atoms with Crippen LogP contribution in [0, 0.1) is 0 Å². The first-order valence-electron chi connectivity index (χ1n) is 7.44. The van der Waals surface area contributed by atoms with E-state index in [4.69, 9.17) is 44.3 Å². The van der Waals surface area contributed by atoms with Crippen LogP contribution in [0.5, 0.6) is 5.75 Å². The molecule has 7 nitrogen and oxygen atoms in total. The van der Waals surface area contributed by atoms with Crippen LogP contribution in [0.25, 0.3) is 0 Å². The van der Waals surface area contributed by atoms with Crippen molar-refractivity contribution in [2.24, 2.45) is 0 Å². The van der Waals surface area contributed by atoms with Gasteiger partial charge in [-0.25, -0.2) is 4.79 Å². The second kappa shape index (κ2) is 10.0. The molecule has 2 amide bonds. The number of nitrogens with one attached hydrogen (secondary N) is 2. The van der Waals surface area contributed by atoms with Crippen LogP contribution in [-0.2, 0) is 14.3 Å². The van der Waals surface area contributed by atoms with Crippen LogP contribution >= 0.6 is 34.8 Å². The number of carbonyl (C=O) groups excluding carboxylic acids is 3. The molecule has 0 bridgehead atoms. The monoisotopic (exact) mass is 430 g/mol. The molecule has 0 saturated heterocycles. The molecule has 0 aromatic heterocycles. The van der Waals surface area contributed by atoms with Crippen LogP contribution in [0.15, 0.2) is 42.5 Å². The highest BCUT2D eigenvalue weighted by atomic mass is 35.5. The lowest BCUT2D eigenvalue weighted by Crippen LogP contribution is -2.43. The number of carbonyl (C=O) groups is 3. The van der Waals surface area contributed by atoms with Gasteiger partial charge in [-0.3, -0.25) is 20.4 Å². The first-order valence-corrected chi connectivity index (χ1v) is 8.57. The Bertz CT molecular complexity index is 846. The Balaban J connectivity index is 1.71. The molecule has 27 heavy (non-hydrogen) atoms. The van der Waals surface area contributed by atoms with Crippen molar-refractivity contribution < 1.29 is 23.9 Å². The van der Waals surface area contributed by atoms with Gasteiger partial charge in [0.25, 0.3) is 11.8 Å². The van der Waals surface area contributed by atoms with Crippen LogP contribution in [0.1, 0.15) is 10.4 Å². The van der Waals surface area contributed by atoms with Gasteiger partial charge in [-0.1, -0.05) is 53.0 Å². The van der Waals surface area contributed by atoms with Crippen molar-refractivity contribution in [3.05, 3.63) is 63.1 Å². The smallest absolute Gasteiger partial charge is 0.344 e. The van der Waals surface area contributed by atoms with Crippen LogP contribution in [-0.4, -0.2) is 31.0 Å². The molecule has 2 aromatic carbocycles. The lowest BCUT2D eigenvalue weighted by atomic mass is 10.2. The largest absolute Gasteiger partial charge is 0.480 e. The van der Waals surface area contributed by atoms with Crippen molar-refractivity contribution in [1.29, 1.82) is 0 Å². The average Bonchev–Trinajstić information content (AvgIpc) is 2.66. The minimum Gasteiger partial charge on any atom is -0.480 e. The fourth-order valence-corrected chi connectivity index (χ4v) is 2.35. The molecule has 0 fully saturated rings. The molecular formula is C17H13Cl3N2O5. The number of esters is 1. The molecule has 10 heteroatoms. The molecular weight excluding hydrogens is 419 g/mol. The number of amides is 2. The highest BCUT2D eigenvalue weighted by Gasteiger charge is 2.12. The Hall–Kier alpha value is -2.48. The second-order valence-corrected chi connectivity index (χ2v) is 6.24. The van der Waals surface area contributed by atoms with E-state index in [2.05, 4.69) is 10.9 Å². The molecule has 0 spiro atoms. The predicted octanol–water partition coefficient (Wildman–Crippen LogP) is 3.03. The Morgan fingerprint density at radius 1 is 0.852 bits per heavy atom. The summed E-state index contributed by atoms with van der Waals surface area (Å²) in [6, 6.07) is 11.0. The highest BCUT2D eigenvalue weighted by Crippen LogP contribution is 2.33. The first-order chi connectivity index (χ1) is 12.9. The third kappa shape index (κ3) is 6.63. The molecule has 2 aromatic rings. The quantitative estimate of drug-likeness (QED) is 0.416. The van der Waals surface area contributed by atoms with Crippen molar-refractivity contribution in [3.63, 3.8) is 0 Å². The topological polar surface area (TPSA) is 93.7 Å². The molecule has 0 aliphatic rings. The zero-order valence-electron chi connectivity index (χ0n) is 13.6. The SMILES string of the molecule is O=C(COC(=O)COc1cc(Cl)c(Cl)cc1Cl)NNC(=O)c1ccccc1. The summed E-state index contributed by atoms with van der Waals surface area (Å²) in [7, 11) is 0. The van der Waals surface area contributed by atoms with Gasteiger partial charge in [0, 0.05) is 11.6 Å². The van der Waals surface area contributed by atoms with E-state index >= 15 is 0 Å². The maximum Gasteiger partial charge on any atom is 0.344 e. The summed E-state index contributed by atoms with van der Waals surface area (Å²) in [5, 5.41) is 0.613. The van der Waals surface area contributed by atoms with Crippen molar-refractivity contribution >= 4 is 52.6 Å². The summed E-state index contributed by atoms with van der Waals surface area (Å²) in [6.45, 7) is -1.10. The van der Waals surface area contributed by atoms with E-state index in [0.717, 1.165) is 0 Å². The zero-order valence-corrected chi connectivity index (χ0v) is 15.9. The molecule has 0 atom stereocenters. The van der Waals surface area contributed by atoms with Gasteiger partial charge in [-0.05, 0) is 18.2 Å². The summed E-state index contributed by atoms with van der Waals surface area (Å²) < 4.78 is 9.90. The van der Waals surface area contributed by atoms with Crippen LogP contribution in [0.3, 0.4) is 0 Å². The summed E-state index contributed by atoms with van der Waals surface area (Å²) >= 11 is 17.5. The van der Waals surface area contributed by atoms with Crippen LogP contribution in [0.2, 0.25) is 15.1 Å². The Labute approximate surface area is 169 Å².